The minimum Gasteiger partial charge on any atom is -0.508 e. The molecule has 0 saturated carbocycles. The summed E-state index contributed by atoms with van der Waals surface area (Å²) < 4.78 is 33.9. The van der Waals surface area contributed by atoms with E-state index in [1.165, 1.54) is 79.9 Å². The number of hydrogen-bond donors (Lipinski definition) is 8. The lowest BCUT2D eigenvalue weighted by atomic mass is 9.93. The molecule has 0 amide bonds. The van der Waals surface area contributed by atoms with Crippen LogP contribution in [-0.4, -0.2) is 103 Å². The first kappa shape index (κ1) is 39.2. The molecule has 16 heteroatoms. The van der Waals surface area contributed by atoms with Crippen LogP contribution in [-0.2, 0) is 30.2 Å². The number of phenols is 5. The Balaban J connectivity index is 1.24. The molecule has 0 aliphatic carbocycles. The molecule has 2 aliphatic heterocycles. The predicted molar refractivity (Wildman–Crippen MR) is 194 cm³/mol. The van der Waals surface area contributed by atoms with Crippen molar-refractivity contribution < 1.29 is 78.9 Å². The van der Waals surface area contributed by atoms with E-state index in [1.54, 1.807) is 12.1 Å². The zero-order valence-electron chi connectivity index (χ0n) is 29.5. The van der Waals surface area contributed by atoms with E-state index in [2.05, 4.69) is 0 Å². The van der Waals surface area contributed by atoms with Gasteiger partial charge in [0.2, 0.25) is 6.29 Å². The van der Waals surface area contributed by atoms with Crippen LogP contribution in [0.1, 0.15) is 28.4 Å². The van der Waals surface area contributed by atoms with Crippen molar-refractivity contribution in [1.29, 1.82) is 0 Å². The molecule has 0 bridgehead atoms. The molecule has 6 rings (SSSR count). The second-order valence-corrected chi connectivity index (χ2v) is 12.8. The zero-order valence-corrected chi connectivity index (χ0v) is 29.5. The Morgan fingerprint density at radius 2 is 1.45 bits per heavy atom. The van der Waals surface area contributed by atoms with Gasteiger partial charge in [0.25, 0.3) is 0 Å². The zero-order chi connectivity index (χ0) is 40.1. The van der Waals surface area contributed by atoms with E-state index in [0.717, 1.165) is 12.2 Å². The normalized spacial score (nSPS) is 23.2. The van der Waals surface area contributed by atoms with E-state index >= 15 is 0 Å². The van der Waals surface area contributed by atoms with Gasteiger partial charge in [0, 0.05) is 36.3 Å². The predicted octanol–water partition coefficient (Wildman–Crippen LogP) is 2.97. The van der Waals surface area contributed by atoms with Gasteiger partial charge in [0.1, 0.15) is 54.0 Å². The van der Waals surface area contributed by atoms with Gasteiger partial charge in [-0.1, -0.05) is 24.3 Å². The van der Waals surface area contributed by atoms with E-state index in [1.807, 2.05) is 0 Å². The van der Waals surface area contributed by atoms with Gasteiger partial charge in [-0.3, -0.25) is 0 Å². The van der Waals surface area contributed by atoms with Crippen LogP contribution >= 0.6 is 0 Å². The third-order valence-corrected chi connectivity index (χ3v) is 8.95. The van der Waals surface area contributed by atoms with E-state index in [0.29, 0.717) is 16.7 Å². The van der Waals surface area contributed by atoms with E-state index in [-0.39, 0.29) is 52.2 Å². The highest BCUT2D eigenvalue weighted by molar-refractivity contribution is 5.88. The van der Waals surface area contributed by atoms with E-state index < -0.39 is 67.2 Å². The molecule has 0 spiro atoms. The third kappa shape index (κ3) is 9.07. The van der Waals surface area contributed by atoms with Crippen LogP contribution in [0, 0.1) is 0 Å². The summed E-state index contributed by atoms with van der Waals surface area (Å²) in [4.78, 5) is 25.7. The number of phenolic OH excluding ortho intramolecular Hbond substituents is 5. The van der Waals surface area contributed by atoms with Crippen molar-refractivity contribution in [3.05, 3.63) is 107 Å². The van der Waals surface area contributed by atoms with Crippen LogP contribution in [0.15, 0.2) is 84.9 Å². The maximum Gasteiger partial charge on any atom is 0.331 e. The summed E-state index contributed by atoms with van der Waals surface area (Å²) in [6, 6.07) is 16.6. The lowest BCUT2D eigenvalue weighted by Gasteiger charge is -2.41. The highest BCUT2D eigenvalue weighted by Crippen LogP contribution is 2.44. The lowest BCUT2D eigenvalue weighted by molar-refractivity contribution is -0.282. The number of ether oxygens (including phenoxy) is 6. The van der Waals surface area contributed by atoms with Crippen molar-refractivity contribution in [2.75, 3.05) is 13.7 Å². The summed E-state index contributed by atoms with van der Waals surface area (Å²) in [7, 11) is 1.35. The van der Waals surface area contributed by atoms with Gasteiger partial charge in [-0.05, 0) is 65.2 Å². The summed E-state index contributed by atoms with van der Waals surface area (Å²) in [5, 5.41) is 83.2. The molecular weight excluding hydrogens is 736 g/mol. The third-order valence-electron chi connectivity index (χ3n) is 8.95. The standard InChI is InChI=1S/C40H38O16/c1-51-32-14-21(4-10-27(32)44)6-13-35(48)56-39-37(50)36(49)33(19-52-34(47)12-5-20-2-8-23(41)9-3-20)55-40(39)54-31-17-24(42)16-30-25(31)18-29(46)38(53-30)22-7-11-26(43)28(45)15-22/h2-17,29,33,36-46,49-50H,18-19H2,1H3/t29-,33-,36-,37+,38-,39-,40-/m0/s1. The largest absolute Gasteiger partial charge is 0.508 e. The van der Waals surface area contributed by atoms with Gasteiger partial charge in [-0.2, -0.15) is 0 Å². The number of aromatic hydroxyl groups is 5. The molecule has 16 nitrogen and oxygen atoms in total. The van der Waals surface area contributed by atoms with Crippen LogP contribution in [0.5, 0.6) is 46.0 Å². The summed E-state index contributed by atoms with van der Waals surface area (Å²) in [5.41, 5.74) is 1.57. The number of benzene rings is 4. The van der Waals surface area contributed by atoms with Crippen molar-refractivity contribution in [2.45, 2.75) is 49.3 Å². The summed E-state index contributed by atoms with van der Waals surface area (Å²) in [6.45, 7) is -0.596. The van der Waals surface area contributed by atoms with Gasteiger partial charge in [0.15, 0.2) is 29.1 Å². The monoisotopic (exact) mass is 774 g/mol. The number of carbonyl (C=O) groups excluding carboxylic acids is 2. The fraction of sp³-hybridized carbons (Fsp3) is 0.250. The average molecular weight is 775 g/mol. The molecule has 0 aromatic heterocycles. The number of fused-ring (bicyclic) bond motifs is 1. The van der Waals surface area contributed by atoms with Crippen LogP contribution in [0.4, 0.5) is 0 Å². The Bertz CT molecular complexity index is 2110. The summed E-state index contributed by atoms with van der Waals surface area (Å²) >= 11 is 0. The number of aliphatic hydroxyl groups is 3. The second kappa shape index (κ2) is 16.9. The highest BCUT2D eigenvalue weighted by Gasteiger charge is 2.49. The molecule has 4 aromatic rings. The van der Waals surface area contributed by atoms with E-state index in [4.69, 9.17) is 28.4 Å². The minimum absolute atomic E-state index is 0.0378. The van der Waals surface area contributed by atoms with Crippen LogP contribution in [0.25, 0.3) is 12.2 Å². The first-order chi connectivity index (χ1) is 26.8. The van der Waals surface area contributed by atoms with E-state index in [9.17, 15) is 50.4 Å². The maximum absolute atomic E-state index is 13.1. The highest BCUT2D eigenvalue weighted by atomic mass is 16.7. The van der Waals surface area contributed by atoms with Gasteiger partial charge < -0.3 is 69.3 Å². The molecule has 294 valence electrons. The molecule has 56 heavy (non-hydrogen) atoms. The molecule has 0 unspecified atom stereocenters. The fourth-order valence-electron chi connectivity index (χ4n) is 6.04. The Morgan fingerprint density at radius 1 is 0.750 bits per heavy atom. The Morgan fingerprint density at radius 3 is 2.18 bits per heavy atom. The van der Waals surface area contributed by atoms with Crippen molar-refractivity contribution in [3.63, 3.8) is 0 Å². The molecule has 0 radical (unpaired) electrons. The van der Waals surface area contributed by atoms with Gasteiger partial charge >= 0.3 is 11.9 Å². The summed E-state index contributed by atoms with van der Waals surface area (Å²) in [5.74, 6) is -3.02. The molecule has 1 fully saturated rings. The number of methoxy groups -OCH3 is 1. The lowest BCUT2D eigenvalue weighted by Crippen LogP contribution is -2.61. The van der Waals surface area contributed by atoms with Gasteiger partial charge in [-0.15, -0.1) is 0 Å². The van der Waals surface area contributed by atoms with Gasteiger partial charge in [-0.25, -0.2) is 9.59 Å². The quantitative estimate of drug-likeness (QED) is 0.0620. The van der Waals surface area contributed by atoms with Gasteiger partial charge in [0.05, 0.1) is 13.2 Å². The molecule has 1 saturated heterocycles. The van der Waals surface area contributed by atoms with Crippen LogP contribution in [0.2, 0.25) is 0 Å². The smallest absolute Gasteiger partial charge is 0.331 e. The first-order valence-electron chi connectivity index (χ1n) is 17.1. The molecule has 2 aliphatic rings. The first-order valence-corrected chi connectivity index (χ1v) is 17.1. The number of esters is 2. The molecular formula is C40H38O16. The Kier molecular flexibility index (Phi) is 11.9. The van der Waals surface area contributed by atoms with Crippen molar-refractivity contribution in [1.82, 2.24) is 0 Å². The number of carbonyl (C=O) groups is 2. The minimum atomic E-state index is -1.88. The average Bonchev–Trinajstić information content (AvgIpc) is 3.17. The topological polar surface area (TPSA) is 251 Å². The number of rotatable bonds is 11. The maximum atomic E-state index is 13.1. The van der Waals surface area contributed by atoms with Crippen molar-refractivity contribution >= 4 is 24.1 Å². The Labute approximate surface area is 318 Å². The molecule has 4 aromatic carbocycles. The molecule has 8 N–H and O–H groups in total. The SMILES string of the molecule is COc1cc(C=CC(=O)O[C@@H]2[C@@H](Oc3cc(O)cc4c3C[C@H](O)[C@H](c3ccc(O)c(O)c3)O4)O[C@@H](COC(=O)C=Cc3ccc(O)cc3)[C@H](O)[C@H]2O)ccc1O. The second-order valence-electron chi connectivity index (χ2n) is 12.8. The molecule has 7 atom stereocenters. The van der Waals surface area contributed by atoms with Crippen molar-refractivity contribution in [2.24, 2.45) is 0 Å². The van der Waals surface area contributed by atoms with Crippen LogP contribution in [0.3, 0.4) is 0 Å². The number of hydrogen-bond acceptors (Lipinski definition) is 16. The Hall–Kier alpha value is -6.46. The molecule has 2 heterocycles. The van der Waals surface area contributed by atoms with Crippen molar-refractivity contribution in [3.8, 4) is 46.0 Å². The fourth-order valence-corrected chi connectivity index (χ4v) is 6.04. The summed E-state index contributed by atoms with van der Waals surface area (Å²) in [6.07, 6.45) is -6.06. The van der Waals surface area contributed by atoms with Crippen LogP contribution < -0.4 is 14.2 Å². The number of aliphatic hydroxyl groups excluding tert-OH is 3.